The Morgan fingerprint density at radius 1 is 1.42 bits per heavy atom. The van der Waals surface area contributed by atoms with Crippen LogP contribution in [-0.4, -0.2) is 28.8 Å². The summed E-state index contributed by atoms with van der Waals surface area (Å²) in [6.07, 6.45) is -0.876. The maximum absolute atomic E-state index is 13.2. The number of carbonyl (C=O) groups is 1. The third-order valence-electron chi connectivity index (χ3n) is 3.07. The third-order valence-corrected chi connectivity index (χ3v) is 3.07. The number of aliphatic hydroxyl groups is 1. The molecule has 0 bridgehead atoms. The van der Waals surface area contributed by atoms with Crippen molar-refractivity contribution >= 4 is 5.97 Å². The number of aryl methyl sites for hydroxylation is 1. The molecule has 2 unspecified atom stereocenters. The van der Waals surface area contributed by atoms with Crippen molar-refractivity contribution in [3.8, 4) is 0 Å². The Balaban J connectivity index is 2.88. The zero-order chi connectivity index (χ0) is 14.6. The average molecular weight is 269 g/mol. The summed E-state index contributed by atoms with van der Waals surface area (Å²) < 4.78 is 13.2. The highest BCUT2D eigenvalue weighted by Crippen LogP contribution is 2.23. The largest absolute Gasteiger partial charge is 0.480 e. The molecule has 0 aliphatic rings. The number of hydrogen-bond acceptors (Lipinski definition) is 3. The van der Waals surface area contributed by atoms with Gasteiger partial charge in [0.2, 0.25) is 0 Å². The highest BCUT2D eigenvalue weighted by Gasteiger charge is 2.24. The Labute approximate surface area is 112 Å². The van der Waals surface area contributed by atoms with Crippen molar-refractivity contribution in [3.63, 3.8) is 0 Å². The molecule has 0 spiro atoms. The molecule has 0 radical (unpaired) electrons. The number of hydrogen-bond donors (Lipinski definition) is 3. The van der Waals surface area contributed by atoms with Crippen LogP contribution in [0, 0.1) is 18.7 Å². The van der Waals surface area contributed by atoms with Crippen molar-refractivity contribution in [2.75, 3.05) is 6.54 Å². The van der Waals surface area contributed by atoms with Crippen molar-refractivity contribution in [2.45, 2.75) is 32.9 Å². The van der Waals surface area contributed by atoms with Gasteiger partial charge in [-0.2, -0.15) is 0 Å². The normalized spacial score (nSPS) is 14.4. The van der Waals surface area contributed by atoms with Crippen molar-refractivity contribution in [1.82, 2.24) is 5.32 Å². The van der Waals surface area contributed by atoms with Crippen LogP contribution in [0.5, 0.6) is 0 Å². The molecule has 0 amide bonds. The van der Waals surface area contributed by atoms with Crippen LogP contribution in [-0.2, 0) is 4.79 Å². The van der Waals surface area contributed by atoms with E-state index in [1.54, 1.807) is 13.0 Å². The molecule has 1 rings (SSSR count). The van der Waals surface area contributed by atoms with Gasteiger partial charge in [0.1, 0.15) is 5.82 Å². The molecular formula is C14H20FNO3. The van der Waals surface area contributed by atoms with E-state index in [1.165, 1.54) is 12.1 Å². The first-order chi connectivity index (χ1) is 8.82. The van der Waals surface area contributed by atoms with Gasteiger partial charge in [0.05, 0.1) is 12.6 Å². The molecule has 2 atom stereocenters. The third kappa shape index (κ3) is 4.29. The Kier molecular flexibility index (Phi) is 5.44. The topological polar surface area (TPSA) is 69.6 Å². The zero-order valence-electron chi connectivity index (χ0n) is 11.4. The predicted molar refractivity (Wildman–Crippen MR) is 70.4 cm³/mol. The minimum Gasteiger partial charge on any atom is -0.480 e. The lowest BCUT2D eigenvalue weighted by Gasteiger charge is -2.27. The first-order valence-corrected chi connectivity index (χ1v) is 6.22. The molecule has 0 aliphatic heterocycles. The van der Waals surface area contributed by atoms with Crippen LogP contribution in [0.15, 0.2) is 18.2 Å². The van der Waals surface area contributed by atoms with E-state index in [1.807, 2.05) is 13.8 Å². The number of rotatable bonds is 6. The average Bonchev–Trinajstić information content (AvgIpc) is 2.31. The summed E-state index contributed by atoms with van der Waals surface area (Å²) in [5.74, 6) is -1.26. The Morgan fingerprint density at radius 3 is 2.53 bits per heavy atom. The van der Waals surface area contributed by atoms with E-state index in [-0.39, 0.29) is 18.3 Å². The number of aliphatic carboxylic acids is 1. The van der Waals surface area contributed by atoms with E-state index in [9.17, 15) is 14.3 Å². The second-order valence-corrected chi connectivity index (χ2v) is 5.00. The van der Waals surface area contributed by atoms with Crippen LogP contribution >= 0.6 is 0 Å². The molecule has 0 aliphatic carbocycles. The van der Waals surface area contributed by atoms with E-state index < -0.39 is 18.1 Å². The Morgan fingerprint density at radius 2 is 2.05 bits per heavy atom. The van der Waals surface area contributed by atoms with Crippen LogP contribution in [0.2, 0.25) is 0 Å². The van der Waals surface area contributed by atoms with Crippen LogP contribution in [0.1, 0.15) is 31.1 Å². The number of carboxylic acids is 1. The number of nitrogens with one attached hydrogen (secondary N) is 1. The maximum atomic E-state index is 13.2. The van der Waals surface area contributed by atoms with Crippen LogP contribution in [0.3, 0.4) is 0 Å². The fourth-order valence-corrected chi connectivity index (χ4v) is 1.98. The molecule has 0 aromatic heterocycles. The van der Waals surface area contributed by atoms with Crippen molar-refractivity contribution < 1.29 is 19.4 Å². The zero-order valence-corrected chi connectivity index (χ0v) is 11.4. The van der Waals surface area contributed by atoms with E-state index in [0.29, 0.717) is 11.1 Å². The molecule has 1 aromatic rings. The first kappa shape index (κ1) is 15.6. The molecule has 1 aromatic carbocycles. The predicted octanol–water partition coefficient (Wildman–Crippen LogP) is 1.87. The molecule has 0 saturated carbocycles. The lowest BCUT2D eigenvalue weighted by Crippen LogP contribution is -2.41. The van der Waals surface area contributed by atoms with E-state index >= 15 is 0 Å². The number of benzene rings is 1. The van der Waals surface area contributed by atoms with Crippen molar-refractivity contribution in [1.29, 1.82) is 0 Å². The fraction of sp³-hybridized carbons (Fsp3) is 0.500. The molecule has 0 heterocycles. The van der Waals surface area contributed by atoms with E-state index in [0.717, 1.165) is 0 Å². The first-order valence-electron chi connectivity index (χ1n) is 6.22. The highest BCUT2D eigenvalue weighted by molar-refractivity contribution is 5.69. The van der Waals surface area contributed by atoms with Gasteiger partial charge in [0.25, 0.3) is 0 Å². The number of halogens is 1. The van der Waals surface area contributed by atoms with Gasteiger partial charge in [-0.3, -0.25) is 4.79 Å². The lowest BCUT2D eigenvalue weighted by atomic mass is 9.92. The van der Waals surface area contributed by atoms with Gasteiger partial charge in [-0.15, -0.1) is 0 Å². The second-order valence-electron chi connectivity index (χ2n) is 5.00. The smallest absolute Gasteiger partial charge is 0.317 e. The summed E-state index contributed by atoms with van der Waals surface area (Å²) in [6.45, 7) is 5.18. The minimum absolute atomic E-state index is 0.0414. The second kappa shape index (κ2) is 6.63. The fourth-order valence-electron chi connectivity index (χ4n) is 1.98. The molecule has 0 saturated heterocycles. The summed E-state index contributed by atoms with van der Waals surface area (Å²) in [5.41, 5.74) is 1.03. The van der Waals surface area contributed by atoms with Crippen molar-refractivity contribution in [2.24, 2.45) is 5.92 Å². The summed E-state index contributed by atoms with van der Waals surface area (Å²) in [5, 5.41) is 21.8. The van der Waals surface area contributed by atoms with Crippen LogP contribution < -0.4 is 5.32 Å². The molecule has 106 valence electrons. The van der Waals surface area contributed by atoms with Gasteiger partial charge in [-0.05, 0) is 30.0 Å². The number of aliphatic hydroxyl groups excluding tert-OH is 1. The SMILES string of the molecule is Cc1cc(C(O)C(NCC(=O)O)C(C)C)ccc1F. The van der Waals surface area contributed by atoms with Gasteiger partial charge in [0, 0.05) is 6.04 Å². The molecule has 4 nitrogen and oxygen atoms in total. The summed E-state index contributed by atoms with van der Waals surface area (Å²) in [4.78, 5) is 10.6. The quantitative estimate of drug-likeness (QED) is 0.737. The molecule has 19 heavy (non-hydrogen) atoms. The van der Waals surface area contributed by atoms with Gasteiger partial charge >= 0.3 is 5.97 Å². The van der Waals surface area contributed by atoms with Gasteiger partial charge in [0.15, 0.2) is 0 Å². The number of carboxylic acid groups (broad SMARTS) is 1. The maximum Gasteiger partial charge on any atom is 0.317 e. The Bertz CT molecular complexity index is 448. The molecular weight excluding hydrogens is 249 g/mol. The summed E-state index contributed by atoms with van der Waals surface area (Å²) in [6, 6.07) is 4.01. The molecule has 5 heteroatoms. The molecule has 3 N–H and O–H groups in total. The summed E-state index contributed by atoms with van der Waals surface area (Å²) >= 11 is 0. The Hall–Kier alpha value is -1.46. The van der Waals surface area contributed by atoms with E-state index in [4.69, 9.17) is 5.11 Å². The van der Waals surface area contributed by atoms with Gasteiger partial charge < -0.3 is 15.5 Å². The van der Waals surface area contributed by atoms with Crippen molar-refractivity contribution in [3.05, 3.63) is 35.1 Å². The lowest BCUT2D eigenvalue weighted by molar-refractivity contribution is -0.136. The van der Waals surface area contributed by atoms with E-state index in [2.05, 4.69) is 5.32 Å². The molecule has 0 fully saturated rings. The summed E-state index contributed by atoms with van der Waals surface area (Å²) in [7, 11) is 0. The van der Waals surface area contributed by atoms with Gasteiger partial charge in [-0.1, -0.05) is 26.0 Å². The van der Waals surface area contributed by atoms with Crippen LogP contribution in [0.4, 0.5) is 4.39 Å². The highest BCUT2D eigenvalue weighted by atomic mass is 19.1. The monoisotopic (exact) mass is 269 g/mol. The standard InChI is InChI=1S/C14H20FNO3/c1-8(2)13(16-7-12(17)18)14(19)10-4-5-11(15)9(3)6-10/h4-6,8,13-14,16,19H,7H2,1-3H3,(H,17,18). The van der Waals surface area contributed by atoms with Gasteiger partial charge in [-0.25, -0.2) is 4.39 Å². The minimum atomic E-state index is -0.979. The van der Waals surface area contributed by atoms with Crippen LogP contribution in [0.25, 0.3) is 0 Å².